The van der Waals surface area contributed by atoms with Gasteiger partial charge in [-0.3, -0.25) is 4.72 Å². The summed E-state index contributed by atoms with van der Waals surface area (Å²) in [5.74, 6) is -0.415. The molecule has 11 heteroatoms. The summed E-state index contributed by atoms with van der Waals surface area (Å²) in [5.41, 5.74) is -4.99. The summed E-state index contributed by atoms with van der Waals surface area (Å²) < 4.78 is 75.3. The second-order valence-corrected chi connectivity index (χ2v) is 7.64. The maximum atomic E-state index is 12.9. The van der Waals surface area contributed by atoms with Crippen LogP contribution in [0.15, 0.2) is 47.6 Å². The first-order chi connectivity index (χ1) is 13.0. The average Bonchev–Trinajstić information content (AvgIpc) is 2.61. The van der Waals surface area contributed by atoms with Gasteiger partial charge in [-0.1, -0.05) is 35.8 Å². The van der Waals surface area contributed by atoms with Crippen LogP contribution in [0.3, 0.4) is 0 Å². The Hall–Kier alpha value is -2.33. The zero-order chi connectivity index (χ0) is 20.9. The minimum Gasteiger partial charge on any atom is -0.391 e. The van der Waals surface area contributed by atoms with E-state index in [-0.39, 0.29) is 35.0 Å². The summed E-state index contributed by atoms with van der Waals surface area (Å²) in [6.07, 6.45) is 0.213. The third-order valence-corrected chi connectivity index (χ3v) is 4.83. The van der Waals surface area contributed by atoms with Crippen molar-refractivity contribution >= 4 is 33.0 Å². The normalized spacial score (nSPS) is 12.7. The van der Waals surface area contributed by atoms with E-state index in [1.807, 2.05) is 0 Å². The van der Waals surface area contributed by atoms with Crippen molar-refractivity contribution in [2.75, 3.05) is 4.72 Å². The second-order valence-electron chi connectivity index (χ2n) is 5.53. The van der Waals surface area contributed by atoms with Gasteiger partial charge in [-0.15, -0.1) is 0 Å². The molecule has 0 atom stereocenters. The number of nitrogens with one attached hydrogen (secondary N) is 1. The fourth-order valence-corrected chi connectivity index (χ4v) is 2.87. The zero-order valence-electron chi connectivity index (χ0n) is 14.4. The van der Waals surface area contributed by atoms with Crippen molar-refractivity contribution in [1.29, 1.82) is 0 Å². The van der Waals surface area contributed by atoms with E-state index in [1.165, 1.54) is 41.1 Å². The lowest BCUT2D eigenvalue weighted by Gasteiger charge is -2.15. The van der Waals surface area contributed by atoms with Crippen LogP contribution in [0, 0.1) is 5.82 Å². The van der Waals surface area contributed by atoms with Crippen LogP contribution in [-0.2, 0) is 21.5 Å². The summed E-state index contributed by atoms with van der Waals surface area (Å²) in [6, 6.07) is 9.07. The Balaban J connectivity index is 2.29. The minimum absolute atomic E-state index is 0.0199. The fraction of sp³-hybridized carbons (Fsp3) is 0.235. The van der Waals surface area contributed by atoms with E-state index in [4.69, 9.17) is 16.4 Å². The maximum absolute atomic E-state index is 12.9. The standard InChI is InChI=1S/C17H15ClF4N2O3S/c1-2-15(23-27-10-11-3-6-13(19)7-4-11)14-9-12(18)5-8-16(14)24-28(25,26)17(20,21)22/h3-9,24H,2,10H2,1H3/b23-15+. The summed E-state index contributed by atoms with van der Waals surface area (Å²) >= 11 is 5.89. The number of hydrogen-bond donors (Lipinski definition) is 1. The molecule has 2 aromatic rings. The molecule has 2 aromatic carbocycles. The third kappa shape index (κ3) is 5.59. The molecule has 0 saturated heterocycles. The van der Waals surface area contributed by atoms with Crippen molar-refractivity contribution in [2.24, 2.45) is 5.16 Å². The van der Waals surface area contributed by atoms with Crippen LogP contribution in [-0.4, -0.2) is 19.6 Å². The van der Waals surface area contributed by atoms with E-state index >= 15 is 0 Å². The van der Waals surface area contributed by atoms with Crippen molar-refractivity contribution in [2.45, 2.75) is 25.5 Å². The molecule has 0 radical (unpaired) electrons. The molecular weight excluding hydrogens is 424 g/mol. The lowest BCUT2D eigenvalue weighted by Crippen LogP contribution is -2.30. The van der Waals surface area contributed by atoms with Gasteiger partial charge < -0.3 is 4.84 Å². The van der Waals surface area contributed by atoms with Gasteiger partial charge in [0, 0.05) is 10.6 Å². The van der Waals surface area contributed by atoms with Gasteiger partial charge in [0.25, 0.3) is 0 Å². The smallest absolute Gasteiger partial charge is 0.391 e. The molecule has 0 aliphatic rings. The Morgan fingerprint density at radius 1 is 1.18 bits per heavy atom. The summed E-state index contributed by atoms with van der Waals surface area (Å²) in [4.78, 5) is 5.18. The van der Waals surface area contributed by atoms with Gasteiger partial charge >= 0.3 is 15.5 Å². The molecule has 0 fully saturated rings. The lowest BCUT2D eigenvalue weighted by atomic mass is 10.1. The number of benzene rings is 2. The molecule has 0 amide bonds. The molecule has 0 aromatic heterocycles. The van der Waals surface area contributed by atoms with E-state index < -0.39 is 21.3 Å². The Kier molecular flexibility index (Phi) is 6.89. The Labute approximate surface area is 164 Å². The van der Waals surface area contributed by atoms with E-state index in [2.05, 4.69) is 5.16 Å². The highest BCUT2D eigenvalue weighted by Crippen LogP contribution is 2.29. The topological polar surface area (TPSA) is 67.8 Å². The molecule has 28 heavy (non-hydrogen) atoms. The predicted octanol–water partition coefficient (Wildman–Crippen LogP) is 5.07. The number of anilines is 1. The van der Waals surface area contributed by atoms with Crippen molar-refractivity contribution in [3.8, 4) is 0 Å². The Morgan fingerprint density at radius 3 is 2.39 bits per heavy atom. The number of rotatable bonds is 7. The van der Waals surface area contributed by atoms with Gasteiger partial charge in [0.15, 0.2) is 0 Å². The van der Waals surface area contributed by atoms with Crippen molar-refractivity contribution in [1.82, 2.24) is 0 Å². The highest BCUT2D eigenvalue weighted by molar-refractivity contribution is 7.93. The lowest BCUT2D eigenvalue weighted by molar-refractivity contribution is -0.0429. The van der Waals surface area contributed by atoms with Gasteiger partial charge in [0.05, 0.1) is 11.4 Å². The molecular formula is C17H15ClF4N2O3S. The van der Waals surface area contributed by atoms with Crippen LogP contribution >= 0.6 is 11.6 Å². The first kappa shape index (κ1) is 22.0. The molecule has 0 unspecified atom stereocenters. The van der Waals surface area contributed by atoms with Gasteiger partial charge in [-0.2, -0.15) is 21.6 Å². The van der Waals surface area contributed by atoms with Crippen molar-refractivity contribution in [3.05, 3.63) is 64.4 Å². The summed E-state index contributed by atoms with van der Waals surface area (Å²) in [6.45, 7) is 1.64. The summed E-state index contributed by atoms with van der Waals surface area (Å²) in [5, 5.41) is 4.04. The number of sulfonamides is 1. The highest BCUT2D eigenvalue weighted by atomic mass is 35.5. The number of nitrogens with zero attached hydrogens (tertiary/aromatic N) is 1. The van der Waals surface area contributed by atoms with Crippen LogP contribution in [0.2, 0.25) is 5.02 Å². The average molecular weight is 439 g/mol. The quantitative estimate of drug-likeness (QED) is 0.373. The van der Waals surface area contributed by atoms with Gasteiger partial charge in [-0.05, 0) is 42.3 Å². The van der Waals surface area contributed by atoms with E-state index in [0.29, 0.717) is 5.56 Å². The number of alkyl halides is 3. The fourth-order valence-electron chi connectivity index (χ4n) is 2.12. The first-order valence-corrected chi connectivity index (χ1v) is 9.72. The minimum atomic E-state index is -5.62. The molecule has 5 nitrogen and oxygen atoms in total. The molecule has 2 rings (SSSR count). The maximum Gasteiger partial charge on any atom is 0.516 e. The molecule has 0 bridgehead atoms. The van der Waals surface area contributed by atoms with Crippen LogP contribution in [0.25, 0.3) is 0 Å². The molecule has 0 heterocycles. The van der Waals surface area contributed by atoms with Crippen molar-refractivity contribution < 1.29 is 30.8 Å². The number of halogens is 5. The zero-order valence-corrected chi connectivity index (χ0v) is 16.0. The number of hydrogen-bond acceptors (Lipinski definition) is 4. The van der Waals surface area contributed by atoms with E-state index in [9.17, 15) is 26.0 Å². The van der Waals surface area contributed by atoms with Gasteiger partial charge in [0.2, 0.25) is 0 Å². The molecule has 1 N–H and O–H groups in total. The molecule has 0 spiro atoms. The SMILES string of the molecule is CC/C(=N\OCc1ccc(F)cc1)c1cc(Cl)ccc1NS(=O)(=O)C(F)(F)F. The van der Waals surface area contributed by atoms with Gasteiger partial charge in [-0.25, -0.2) is 4.39 Å². The largest absolute Gasteiger partial charge is 0.516 e. The van der Waals surface area contributed by atoms with E-state index in [1.54, 1.807) is 6.92 Å². The van der Waals surface area contributed by atoms with Crippen LogP contribution in [0.5, 0.6) is 0 Å². The van der Waals surface area contributed by atoms with Crippen LogP contribution in [0.1, 0.15) is 24.5 Å². The second kappa shape index (κ2) is 8.78. The molecule has 0 saturated carbocycles. The Bertz CT molecular complexity index is 961. The van der Waals surface area contributed by atoms with Crippen LogP contribution in [0.4, 0.5) is 23.2 Å². The molecule has 152 valence electrons. The van der Waals surface area contributed by atoms with Gasteiger partial charge in [0.1, 0.15) is 12.4 Å². The number of oxime groups is 1. The third-order valence-electron chi connectivity index (χ3n) is 3.50. The predicted molar refractivity (Wildman–Crippen MR) is 98.1 cm³/mol. The van der Waals surface area contributed by atoms with Crippen LogP contribution < -0.4 is 4.72 Å². The van der Waals surface area contributed by atoms with E-state index in [0.717, 1.165) is 6.07 Å². The highest BCUT2D eigenvalue weighted by Gasteiger charge is 2.46. The van der Waals surface area contributed by atoms with Crippen molar-refractivity contribution in [3.63, 3.8) is 0 Å². The molecule has 0 aliphatic carbocycles. The Morgan fingerprint density at radius 2 is 1.82 bits per heavy atom. The molecule has 0 aliphatic heterocycles. The monoisotopic (exact) mass is 438 g/mol. The first-order valence-electron chi connectivity index (χ1n) is 7.85. The summed E-state index contributed by atoms with van der Waals surface area (Å²) in [7, 11) is -5.62.